The fourth-order valence-electron chi connectivity index (χ4n) is 4.35. The minimum Gasteiger partial charge on any atom is -0.507 e. The normalized spacial score (nSPS) is 28.8. The molecule has 1 saturated carbocycles. The second kappa shape index (κ2) is 5.45. The molecule has 2 aliphatic carbocycles. The van der Waals surface area contributed by atoms with Gasteiger partial charge < -0.3 is 10.4 Å². The van der Waals surface area contributed by atoms with Crippen LogP contribution >= 0.6 is 0 Å². The van der Waals surface area contributed by atoms with Crippen LogP contribution < -0.4 is 5.32 Å². The van der Waals surface area contributed by atoms with Gasteiger partial charge in [0.25, 0.3) is 0 Å². The zero-order valence-electron chi connectivity index (χ0n) is 12.8. The van der Waals surface area contributed by atoms with Gasteiger partial charge in [-0.05, 0) is 43.4 Å². The number of benzene rings is 1. The van der Waals surface area contributed by atoms with Crippen molar-refractivity contribution in [3.8, 4) is 5.75 Å². The van der Waals surface area contributed by atoms with Crippen molar-refractivity contribution >= 4 is 0 Å². The Labute approximate surface area is 126 Å². The maximum absolute atomic E-state index is 14.7. The number of nitrogens with one attached hydrogen (secondary N) is 1. The number of allylic oxidation sites excluding steroid dienone is 1. The topological polar surface area (TPSA) is 32.3 Å². The fourth-order valence-corrected chi connectivity index (χ4v) is 4.35. The monoisotopic (exact) mass is 289 g/mol. The molecule has 3 heteroatoms. The largest absolute Gasteiger partial charge is 0.507 e. The summed E-state index contributed by atoms with van der Waals surface area (Å²) in [6.45, 7) is 5.70. The molecule has 0 heterocycles. The lowest BCUT2D eigenvalue weighted by atomic mass is 9.78. The lowest BCUT2D eigenvalue weighted by Crippen LogP contribution is -2.25. The smallest absolute Gasteiger partial charge is 0.127 e. The number of aromatic hydroxyl groups is 1. The van der Waals surface area contributed by atoms with Crippen LogP contribution in [0.1, 0.15) is 67.2 Å². The van der Waals surface area contributed by atoms with E-state index in [4.69, 9.17) is 0 Å². The summed E-state index contributed by atoms with van der Waals surface area (Å²) in [6.07, 6.45) is 6.24. The highest BCUT2D eigenvalue weighted by molar-refractivity contribution is 5.55. The van der Waals surface area contributed by atoms with Gasteiger partial charge in [-0.25, -0.2) is 4.39 Å². The van der Waals surface area contributed by atoms with Crippen LogP contribution in [0.5, 0.6) is 5.75 Å². The maximum Gasteiger partial charge on any atom is 0.127 e. The molecule has 2 aliphatic rings. The predicted octanol–water partition coefficient (Wildman–Crippen LogP) is 4.37. The van der Waals surface area contributed by atoms with Gasteiger partial charge in [-0.15, -0.1) is 6.58 Å². The molecule has 3 rings (SSSR count). The molecule has 0 bridgehead atoms. The van der Waals surface area contributed by atoms with Crippen molar-refractivity contribution in [1.82, 2.24) is 5.32 Å². The van der Waals surface area contributed by atoms with Crippen LogP contribution in [0.3, 0.4) is 0 Å². The quantitative estimate of drug-likeness (QED) is 0.810. The summed E-state index contributed by atoms with van der Waals surface area (Å²) in [5.41, 5.74) is 2.22. The SMILES string of the molecule is C=CC(C)c1cc(F)c2c(c1O)C(NC)C1CCCCC21. The van der Waals surface area contributed by atoms with Crippen molar-refractivity contribution in [2.75, 3.05) is 7.05 Å². The molecule has 1 aromatic carbocycles. The van der Waals surface area contributed by atoms with Crippen LogP contribution in [0.15, 0.2) is 18.7 Å². The van der Waals surface area contributed by atoms with E-state index in [0.717, 1.165) is 30.4 Å². The minimum atomic E-state index is -0.152. The summed E-state index contributed by atoms with van der Waals surface area (Å²) < 4.78 is 14.7. The van der Waals surface area contributed by atoms with E-state index in [-0.39, 0.29) is 29.4 Å². The Morgan fingerprint density at radius 3 is 2.76 bits per heavy atom. The van der Waals surface area contributed by atoms with Gasteiger partial charge in [0.05, 0.1) is 0 Å². The third kappa shape index (κ3) is 2.10. The van der Waals surface area contributed by atoms with Crippen molar-refractivity contribution in [1.29, 1.82) is 0 Å². The van der Waals surface area contributed by atoms with Gasteiger partial charge in [0.1, 0.15) is 11.6 Å². The molecule has 0 aliphatic heterocycles. The molecule has 1 fully saturated rings. The van der Waals surface area contributed by atoms with Crippen LogP contribution in [-0.4, -0.2) is 12.2 Å². The first-order valence-electron chi connectivity index (χ1n) is 7.95. The van der Waals surface area contributed by atoms with E-state index in [0.29, 0.717) is 11.5 Å². The van der Waals surface area contributed by atoms with Crippen molar-refractivity contribution in [3.63, 3.8) is 0 Å². The lowest BCUT2D eigenvalue weighted by molar-refractivity contribution is 0.268. The minimum absolute atomic E-state index is 0.0510. The van der Waals surface area contributed by atoms with Gasteiger partial charge in [0.15, 0.2) is 0 Å². The Morgan fingerprint density at radius 2 is 2.10 bits per heavy atom. The van der Waals surface area contributed by atoms with Crippen LogP contribution in [0.4, 0.5) is 4.39 Å². The Morgan fingerprint density at radius 1 is 1.38 bits per heavy atom. The van der Waals surface area contributed by atoms with Crippen LogP contribution in [0.25, 0.3) is 0 Å². The summed E-state index contributed by atoms with van der Waals surface area (Å²) >= 11 is 0. The number of halogens is 1. The summed E-state index contributed by atoms with van der Waals surface area (Å²) in [6, 6.07) is 1.58. The highest BCUT2D eigenvalue weighted by Crippen LogP contribution is 2.56. The average molecular weight is 289 g/mol. The van der Waals surface area contributed by atoms with E-state index < -0.39 is 0 Å². The van der Waals surface area contributed by atoms with E-state index in [2.05, 4.69) is 11.9 Å². The summed E-state index contributed by atoms with van der Waals surface area (Å²) in [5.74, 6) is 0.734. The van der Waals surface area contributed by atoms with Crippen LogP contribution in [0, 0.1) is 11.7 Å². The van der Waals surface area contributed by atoms with Crippen LogP contribution in [-0.2, 0) is 0 Å². The Kier molecular flexibility index (Phi) is 3.78. The highest BCUT2D eigenvalue weighted by atomic mass is 19.1. The first-order chi connectivity index (χ1) is 10.1. The first-order valence-corrected chi connectivity index (χ1v) is 7.95. The third-order valence-electron chi connectivity index (χ3n) is 5.44. The van der Waals surface area contributed by atoms with E-state index in [9.17, 15) is 9.50 Å². The van der Waals surface area contributed by atoms with E-state index in [1.54, 1.807) is 6.08 Å². The van der Waals surface area contributed by atoms with Gasteiger partial charge in [0, 0.05) is 23.1 Å². The highest BCUT2D eigenvalue weighted by Gasteiger charge is 2.45. The number of fused-ring (bicyclic) bond motifs is 3. The Balaban J connectivity index is 2.19. The van der Waals surface area contributed by atoms with Crippen molar-refractivity contribution in [2.24, 2.45) is 5.92 Å². The second-order valence-corrected chi connectivity index (χ2v) is 6.47. The zero-order valence-corrected chi connectivity index (χ0v) is 12.8. The van der Waals surface area contributed by atoms with Gasteiger partial charge >= 0.3 is 0 Å². The lowest BCUT2D eigenvalue weighted by Gasteiger charge is -2.29. The molecule has 1 aromatic rings. The standard InChI is InChI=1S/C18H24FNO/c1-4-10(2)13-9-14(19)15-11-7-5-6-8-12(11)17(20-3)16(15)18(13)21/h4,9-12,17,20-21H,1,5-8H2,2-3H3. The number of phenols is 1. The molecule has 0 aromatic heterocycles. The number of rotatable bonds is 3. The molecule has 4 unspecified atom stereocenters. The molecule has 21 heavy (non-hydrogen) atoms. The Hall–Kier alpha value is -1.35. The zero-order chi connectivity index (χ0) is 15.1. The fraction of sp³-hybridized carbons (Fsp3) is 0.556. The molecule has 0 amide bonds. The number of hydrogen-bond acceptors (Lipinski definition) is 2. The number of phenolic OH excluding ortho intramolecular Hbond substituents is 1. The Bertz CT molecular complexity index is 569. The number of hydrogen-bond donors (Lipinski definition) is 2. The van der Waals surface area contributed by atoms with Crippen molar-refractivity contribution < 1.29 is 9.50 Å². The van der Waals surface area contributed by atoms with Crippen molar-refractivity contribution in [2.45, 2.75) is 50.5 Å². The summed E-state index contributed by atoms with van der Waals surface area (Å²) in [5, 5.41) is 14.0. The average Bonchev–Trinajstić information content (AvgIpc) is 2.85. The van der Waals surface area contributed by atoms with Crippen molar-refractivity contribution in [3.05, 3.63) is 41.2 Å². The molecule has 0 saturated heterocycles. The molecule has 4 atom stereocenters. The summed E-state index contributed by atoms with van der Waals surface area (Å²) in [4.78, 5) is 0. The second-order valence-electron chi connectivity index (χ2n) is 6.47. The van der Waals surface area contributed by atoms with Gasteiger partial charge in [-0.3, -0.25) is 0 Å². The molecule has 2 nitrogen and oxygen atoms in total. The van der Waals surface area contributed by atoms with Gasteiger partial charge in [0.2, 0.25) is 0 Å². The molecule has 114 valence electrons. The van der Waals surface area contributed by atoms with Gasteiger partial charge in [-0.1, -0.05) is 25.8 Å². The van der Waals surface area contributed by atoms with E-state index in [1.807, 2.05) is 14.0 Å². The van der Waals surface area contributed by atoms with Gasteiger partial charge in [-0.2, -0.15) is 0 Å². The molecule has 2 N–H and O–H groups in total. The van der Waals surface area contributed by atoms with E-state index in [1.165, 1.54) is 12.5 Å². The maximum atomic E-state index is 14.7. The predicted molar refractivity (Wildman–Crippen MR) is 83.2 cm³/mol. The molecule has 0 radical (unpaired) electrons. The third-order valence-corrected chi connectivity index (χ3v) is 5.44. The van der Waals surface area contributed by atoms with Crippen LogP contribution in [0.2, 0.25) is 0 Å². The molecule has 0 spiro atoms. The molecular formula is C18H24FNO. The van der Waals surface area contributed by atoms with E-state index >= 15 is 0 Å². The summed E-state index contributed by atoms with van der Waals surface area (Å²) in [7, 11) is 1.91. The first kappa shape index (κ1) is 14.6. The molecular weight excluding hydrogens is 265 g/mol.